The quantitative estimate of drug-likeness (QED) is 0.209. The monoisotopic (exact) mass is 445 g/mol. The van der Waals surface area contributed by atoms with Crippen molar-refractivity contribution < 1.29 is 28.5 Å². The summed E-state index contributed by atoms with van der Waals surface area (Å²) >= 11 is 0. The van der Waals surface area contributed by atoms with Crippen LogP contribution in [0, 0.1) is 11.3 Å². The van der Waals surface area contributed by atoms with Crippen LogP contribution in [0.15, 0.2) is 60.7 Å². The predicted molar refractivity (Wildman–Crippen MR) is 124 cm³/mol. The number of para-hydroxylation sites is 1. The third-order valence-corrected chi connectivity index (χ3v) is 4.82. The lowest BCUT2D eigenvalue weighted by atomic mass is 10.0. The lowest BCUT2D eigenvalue weighted by molar-refractivity contribution is 0.0734. The molecule has 0 aliphatic rings. The first-order chi connectivity index (χ1) is 16.0. The fourth-order valence-electron chi connectivity index (χ4n) is 3.20. The number of carbonyl (C=O) groups excluding carboxylic acids is 1. The average molecular weight is 445 g/mol. The molecule has 7 heteroatoms. The van der Waals surface area contributed by atoms with Crippen LogP contribution in [0.2, 0.25) is 0 Å². The van der Waals surface area contributed by atoms with E-state index in [4.69, 9.17) is 23.7 Å². The first-order valence-electron chi connectivity index (χ1n) is 9.92. The van der Waals surface area contributed by atoms with Crippen molar-refractivity contribution in [1.82, 2.24) is 0 Å². The molecule has 33 heavy (non-hydrogen) atoms. The smallest absolute Gasteiger partial charge is 0.343 e. The van der Waals surface area contributed by atoms with Crippen LogP contribution < -0.4 is 23.7 Å². The molecule has 168 valence electrons. The van der Waals surface area contributed by atoms with Crippen LogP contribution in [0.5, 0.6) is 28.7 Å². The van der Waals surface area contributed by atoms with Gasteiger partial charge in [-0.15, -0.1) is 0 Å². The van der Waals surface area contributed by atoms with Gasteiger partial charge in [0, 0.05) is 5.56 Å². The van der Waals surface area contributed by atoms with E-state index in [1.807, 2.05) is 18.2 Å². The lowest BCUT2D eigenvalue weighted by Gasteiger charge is -2.13. The van der Waals surface area contributed by atoms with Crippen LogP contribution in [-0.4, -0.2) is 34.4 Å². The molecule has 0 spiro atoms. The van der Waals surface area contributed by atoms with Crippen molar-refractivity contribution in [2.75, 3.05) is 28.4 Å². The Morgan fingerprint density at radius 3 is 1.97 bits per heavy atom. The summed E-state index contributed by atoms with van der Waals surface area (Å²) in [5.74, 6) is 1.47. The molecule has 0 unspecified atom stereocenters. The molecule has 0 amide bonds. The van der Waals surface area contributed by atoms with E-state index in [9.17, 15) is 10.1 Å². The van der Waals surface area contributed by atoms with Crippen molar-refractivity contribution in [1.29, 1.82) is 5.26 Å². The van der Waals surface area contributed by atoms with Gasteiger partial charge in [0.15, 0.2) is 11.5 Å². The second-order valence-electron chi connectivity index (χ2n) is 6.74. The van der Waals surface area contributed by atoms with Crippen molar-refractivity contribution >= 4 is 17.6 Å². The van der Waals surface area contributed by atoms with E-state index >= 15 is 0 Å². The van der Waals surface area contributed by atoms with Crippen LogP contribution in [0.4, 0.5) is 0 Å². The van der Waals surface area contributed by atoms with Crippen LogP contribution >= 0.6 is 0 Å². The van der Waals surface area contributed by atoms with E-state index in [1.54, 1.807) is 43.5 Å². The Labute approximate surface area is 192 Å². The molecule has 3 aromatic rings. The second-order valence-corrected chi connectivity index (χ2v) is 6.74. The Morgan fingerprint density at radius 2 is 1.42 bits per heavy atom. The number of esters is 1. The molecule has 0 atom stereocenters. The SMILES string of the molecule is COc1ccccc1/C(C#N)=C\c1ccc(OC(=O)c2cc(OC)c(OC)c(OC)c2)cc1. The van der Waals surface area contributed by atoms with Gasteiger partial charge in [-0.05, 0) is 48.0 Å². The largest absolute Gasteiger partial charge is 0.496 e. The van der Waals surface area contributed by atoms with Gasteiger partial charge in [-0.1, -0.05) is 24.3 Å². The van der Waals surface area contributed by atoms with Crippen molar-refractivity contribution in [3.63, 3.8) is 0 Å². The fraction of sp³-hybridized carbons (Fsp3) is 0.154. The molecule has 0 saturated heterocycles. The van der Waals surface area contributed by atoms with Crippen molar-refractivity contribution in [2.45, 2.75) is 0 Å². The number of carbonyl (C=O) groups is 1. The van der Waals surface area contributed by atoms with Gasteiger partial charge in [-0.25, -0.2) is 4.79 Å². The number of nitriles is 1. The fourth-order valence-corrected chi connectivity index (χ4v) is 3.20. The first kappa shape index (κ1) is 23.2. The Kier molecular flexibility index (Phi) is 7.55. The average Bonchev–Trinajstić information content (AvgIpc) is 2.87. The zero-order valence-electron chi connectivity index (χ0n) is 18.7. The topological polar surface area (TPSA) is 87.0 Å². The molecular weight excluding hydrogens is 422 g/mol. The molecular formula is C26H23NO6. The van der Waals surface area contributed by atoms with Crippen LogP contribution in [0.3, 0.4) is 0 Å². The Hall–Kier alpha value is -4.44. The number of ether oxygens (including phenoxy) is 5. The van der Waals surface area contributed by atoms with Gasteiger partial charge in [0.05, 0.1) is 45.6 Å². The molecule has 0 bridgehead atoms. The molecule has 3 aromatic carbocycles. The number of allylic oxidation sites excluding steroid dienone is 1. The molecule has 7 nitrogen and oxygen atoms in total. The van der Waals surface area contributed by atoms with E-state index in [2.05, 4.69) is 6.07 Å². The van der Waals surface area contributed by atoms with Crippen molar-refractivity contribution in [2.24, 2.45) is 0 Å². The van der Waals surface area contributed by atoms with Gasteiger partial charge in [0.2, 0.25) is 5.75 Å². The van der Waals surface area contributed by atoms with E-state index in [-0.39, 0.29) is 5.56 Å². The highest BCUT2D eigenvalue weighted by atomic mass is 16.5. The summed E-state index contributed by atoms with van der Waals surface area (Å²) in [6.45, 7) is 0. The second kappa shape index (κ2) is 10.7. The van der Waals surface area contributed by atoms with Crippen LogP contribution in [0.1, 0.15) is 21.5 Å². The zero-order valence-corrected chi connectivity index (χ0v) is 18.7. The van der Waals surface area contributed by atoms with Gasteiger partial charge in [-0.3, -0.25) is 0 Å². The maximum absolute atomic E-state index is 12.7. The van der Waals surface area contributed by atoms with Gasteiger partial charge in [-0.2, -0.15) is 5.26 Å². The highest BCUT2D eigenvalue weighted by Gasteiger charge is 2.18. The normalized spacial score (nSPS) is 10.7. The highest BCUT2D eigenvalue weighted by Crippen LogP contribution is 2.38. The predicted octanol–water partition coefficient (Wildman–Crippen LogP) is 5.00. The first-order valence-corrected chi connectivity index (χ1v) is 9.92. The molecule has 0 aliphatic carbocycles. The molecule has 0 heterocycles. The molecule has 0 fully saturated rings. The van der Waals surface area contributed by atoms with Crippen molar-refractivity contribution in [3.05, 3.63) is 77.4 Å². The number of methoxy groups -OCH3 is 4. The lowest BCUT2D eigenvalue weighted by Crippen LogP contribution is -2.09. The molecule has 0 aromatic heterocycles. The van der Waals surface area contributed by atoms with Crippen LogP contribution in [-0.2, 0) is 0 Å². The number of rotatable bonds is 8. The minimum absolute atomic E-state index is 0.247. The third-order valence-electron chi connectivity index (χ3n) is 4.82. The highest BCUT2D eigenvalue weighted by molar-refractivity contribution is 5.93. The molecule has 0 saturated carbocycles. The van der Waals surface area contributed by atoms with E-state index < -0.39 is 5.97 Å². The standard InChI is InChI=1S/C26H23NO6/c1-29-22-8-6-5-7-21(22)19(16-27)13-17-9-11-20(12-10-17)33-26(28)18-14-23(30-2)25(32-4)24(15-18)31-3/h5-15H,1-4H3/b19-13-. The maximum atomic E-state index is 12.7. The number of nitrogens with zero attached hydrogens (tertiary/aromatic N) is 1. The summed E-state index contributed by atoms with van der Waals surface area (Å²) in [4.78, 5) is 12.7. The van der Waals surface area contributed by atoms with E-state index in [0.717, 1.165) is 5.56 Å². The van der Waals surface area contributed by atoms with E-state index in [0.29, 0.717) is 39.9 Å². The Bertz CT molecular complexity index is 1180. The number of hydrogen-bond donors (Lipinski definition) is 0. The summed E-state index contributed by atoms with van der Waals surface area (Å²) in [5, 5.41) is 9.61. The van der Waals surface area contributed by atoms with Gasteiger partial charge < -0.3 is 23.7 Å². The van der Waals surface area contributed by atoms with E-state index in [1.165, 1.54) is 33.5 Å². The van der Waals surface area contributed by atoms with Crippen molar-refractivity contribution in [3.8, 4) is 34.8 Å². The van der Waals surface area contributed by atoms with Gasteiger partial charge >= 0.3 is 5.97 Å². The number of hydrogen-bond acceptors (Lipinski definition) is 7. The summed E-state index contributed by atoms with van der Waals surface area (Å²) in [5.41, 5.74) is 2.16. The summed E-state index contributed by atoms with van der Waals surface area (Å²) in [6, 6.07) is 19.4. The maximum Gasteiger partial charge on any atom is 0.343 e. The Balaban J connectivity index is 1.82. The zero-order chi connectivity index (χ0) is 23.8. The van der Waals surface area contributed by atoms with Crippen LogP contribution in [0.25, 0.3) is 11.6 Å². The Morgan fingerprint density at radius 1 is 0.818 bits per heavy atom. The summed E-state index contributed by atoms with van der Waals surface area (Å²) in [7, 11) is 5.99. The minimum atomic E-state index is -0.579. The minimum Gasteiger partial charge on any atom is -0.496 e. The number of benzene rings is 3. The third kappa shape index (κ3) is 5.25. The molecule has 0 aliphatic heterocycles. The molecule has 0 N–H and O–H groups in total. The van der Waals surface area contributed by atoms with Gasteiger partial charge in [0.1, 0.15) is 11.5 Å². The summed E-state index contributed by atoms with van der Waals surface area (Å²) < 4.78 is 26.7. The molecule has 0 radical (unpaired) electrons. The van der Waals surface area contributed by atoms with Gasteiger partial charge in [0.25, 0.3) is 0 Å². The molecule has 3 rings (SSSR count). The summed E-state index contributed by atoms with van der Waals surface area (Å²) in [6.07, 6.45) is 1.74.